The summed E-state index contributed by atoms with van der Waals surface area (Å²) in [7, 11) is 0. The largest absolute Gasteiger partial charge is 0.484 e. The third kappa shape index (κ3) is 3.97. The van der Waals surface area contributed by atoms with Gasteiger partial charge in [0.05, 0.1) is 9.98 Å². The van der Waals surface area contributed by atoms with E-state index in [1.165, 1.54) is 11.3 Å². The van der Waals surface area contributed by atoms with Gasteiger partial charge in [0.25, 0.3) is 5.91 Å². The smallest absolute Gasteiger partial charge is 0.264 e. The second-order valence-corrected chi connectivity index (χ2v) is 6.11. The first-order valence-corrected chi connectivity index (χ1v) is 6.92. The van der Waals surface area contributed by atoms with Crippen LogP contribution in [0.1, 0.15) is 0 Å². The number of nitrogens with zero attached hydrogens (tertiary/aromatic N) is 1. The summed E-state index contributed by atoms with van der Waals surface area (Å²) in [5, 5.41) is 3.72. The molecule has 0 unspecified atom stereocenters. The lowest BCUT2D eigenvalue weighted by atomic mass is 10.3. The van der Waals surface area contributed by atoms with E-state index in [0.29, 0.717) is 15.9 Å². The molecule has 0 fully saturated rings. The highest BCUT2D eigenvalue weighted by molar-refractivity contribution is 9.11. The lowest BCUT2D eigenvalue weighted by molar-refractivity contribution is -0.118. The van der Waals surface area contributed by atoms with Crippen LogP contribution >= 0.6 is 38.9 Å². The first-order chi connectivity index (χ1) is 8.63. The zero-order valence-corrected chi connectivity index (χ0v) is 12.2. The minimum atomic E-state index is -0.267. The highest BCUT2D eigenvalue weighted by Gasteiger charge is 2.06. The summed E-state index contributed by atoms with van der Waals surface area (Å²) in [4.78, 5) is 15.6. The number of hydrogen-bond donors (Lipinski definition) is 1. The van der Waals surface area contributed by atoms with Gasteiger partial charge in [-0.25, -0.2) is 4.98 Å². The quantitative estimate of drug-likeness (QED) is 0.920. The van der Waals surface area contributed by atoms with Gasteiger partial charge in [-0.1, -0.05) is 29.0 Å². The molecule has 0 spiro atoms. The lowest BCUT2D eigenvalue weighted by Gasteiger charge is -2.05. The first-order valence-electron chi connectivity index (χ1n) is 4.93. The van der Waals surface area contributed by atoms with Crippen molar-refractivity contribution in [1.29, 1.82) is 0 Å². The van der Waals surface area contributed by atoms with E-state index in [1.807, 2.05) is 0 Å². The van der Waals surface area contributed by atoms with Gasteiger partial charge in [-0.05, 0) is 34.1 Å². The van der Waals surface area contributed by atoms with Gasteiger partial charge in [0.2, 0.25) is 0 Å². The minimum absolute atomic E-state index is 0.0858. The molecule has 0 radical (unpaired) electrons. The molecule has 1 amide bonds. The van der Waals surface area contributed by atoms with E-state index >= 15 is 0 Å². The Morgan fingerprint density at radius 3 is 3.06 bits per heavy atom. The fourth-order valence-corrected chi connectivity index (χ4v) is 2.48. The Morgan fingerprint density at radius 2 is 2.39 bits per heavy atom. The van der Waals surface area contributed by atoms with Gasteiger partial charge in [-0.2, -0.15) is 0 Å². The number of carbonyl (C=O) groups excluding carboxylic acids is 1. The van der Waals surface area contributed by atoms with Gasteiger partial charge in [0.15, 0.2) is 11.7 Å². The second kappa shape index (κ2) is 6.17. The summed E-state index contributed by atoms with van der Waals surface area (Å²) in [6.07, 6.45) is 1.62. The zero-order valence-electron chi connectivity index (χ0n) is 9.02. The third-order valence-electron chi connectivity index (χ3n) is 1.89. The Balaban J connectivity index is 1.85. The molecule has 0 aliphatic rings. The Kier molecular flexibility index (Phi) is 4.57. The second-order valence-electron chi connectivity index (χ2n) is 3.26. The molecule has 2 rings (SSSR count). The van der Waals surface area contributed by atoms with E-state index in [4.69, 9.17) is 16.3 Å². The molecule has 1 aromatic carbocycles. The Bertz CT molecular complexity index is 561. The number of rotatable bonds is 4. The van der Waals surface area contributed by atoms with Gasteiger partial charge in [0, 0.05) is 5.02 Å². The average Bonchev–Trinajstić information content (AvgIpc) is 2.72. The number of amides is 1. The fourth-order valence-electron chi connectivity index (χ4n) is 1.17. The first kappa shape index (κ1) is 13.3. The van der Waals surface area contributed by atoms with Crippen LogP contribution in [0.25, 0.3) is 0 Å². The predicted molar refractivity (Wildman–Crippen MR) is 75.4 cm³/mol. The molecule has 0 aliphatic carbocycles. The van der Waals surface area contributed by atoms with E-state index < -0.39 is 0 Å². The van der Waals surface area contributed by atoms with Crippen LogP contribution in [0.5, 0.6) is 5.75 Å². The monoisotopic (exact) mass is 346 g/mol. The van der Waals surface area contributed by atoms with Gasteiger partial charge in [-0.3, -0.25) is 10.1 Å². The lowest BCUT2D eigenvalue weighted by Crippen LogP contribution is -2.19. The number of hydrogen-bond acceptors (Lipinski definition) is 4. The number of carbonyl (C=O) groups is 1. The van der Waals surface area contributed by atoms with Crippen molar-refractivity contribution in [3.63, 3.8) is 0 Å². The van der Waals surface area contributed by atoms with E-state index in [-0.39, 0.29) is 12.5 Å². The molecule has 94 valence electrons. The molecule has 0 atom stereocenters. The molecule has 0 aliphatic heterocycles. The molecule has 1 heterocycles. The maximum Gasteiger partial charge on any atom is 0.264 e. The maximum atomic E-state index is 11.6. The van der Waals surface area contributed by atoms with E-state index in [0.717, 1.165) is 3.79 Å². The molecule has 1 aromatic heterocycles. The van der Waals surface area contributed by atoms with Crippen molar-refractivity contribution in [2.45, 2.75) is 0 Å². The molecule has 1 N–H and O–H groups in total. The molecule has 0 saturated carbocycles. The summed E-state index contributed by atoms with van der Waals surface area (Å²) in [5.74, 6) is 0.287. The van der Waals surface area contributed by atoms with Crippen LogP contribution in [0.2, 0.25) is 5.02 Å². The zero-order chi connectivity index (χ0) is 13.0. The highest BCUT2D eigenvalue weighted by atomic mass is 79.9. The van der Waals surface area contributed by atoms with Crippen molar-refractivity contribution >= 4 is 49.9 Å². The number of halogens is 2. The molecular weight excluding hydrogens is 340 g/mol. The molecule has 0 bridgehead atoms. The Labute approximate surface area is 121 Å². The molecule has 4 nitrogen and oxygen atoms in total. The molecular formula is C11H8BrClN2O2S. The van der Waals surface area contributed by atoms with Crippen molar-refractivity contribution in [3.05, 3.63) is 39.3 Å². The average molecular weight is 348 g/mol. The van der Waals surface area contributed by atoms with Gasteiger partial charge >= 0.3 is 0 Å². The van der Waals surface area contributed by atoms with E-state index in [2.05, 4.69) is 26.2 Å². The predicted octanol–water partition coefficient (Wildman–Crippen LogP) is 3.58. The van der Waals surface area contributed by atoms with Crippen LogP contribution in [0.3, 0.4) is 0 Å². The summed E-state index contributed by atoms with van der Waals surface area (Å²) < 4.78 is 6.15. The number of nitrogens with one attached hydrogen (secondary N) is 1. The summed E-state index contributed by atoms with van der Waals surface area (Å²) in [6, 6.07) is 6.88. The van der Waals surface area contributed by atoms with E-state index in [9.17, 15) is 4.79 Å². The van der Waals surface area contributed by atoms with Crippen LogP contribution in [0.15, 0.2) is 34.2 Å². The fraction of sp³-hybridized carbons (Fsp3) is 0.0909. The number of anilines is 1. The summed E-state index contributed by atoms with van der Waals surface area (Å²) in [6.45, 7) is -0.0858. The molecule has 7 heteroatoms. The topological polar surface area (TPSA) is 51.2 Å². The number of benzene rings is 1. The molecule has 0 saturated heterocycles. The van der Waals surface area contributed by atoms with Crippen molar-refractivity contribution < 1.29 is 9.53 Å². The van der Waals surface area contributed by atoms with E-state index in [1.54, 1.807) is 30.5 Å². The van der Waals surface area contributed by atoms with Crippen LogP contribution in [0, 0.1) is 0 Å². The molecule has 2 aromatic rings. The molecule has 18 heavy (non-hydrogen) atoms. The minimum Gasteiger partial charge on any atom is -0.484 e. The number of thiazole rings is 1. The Morgan fingerprint density at radius 1 is 1.56 bits per heavy atom. The third-order valence-corrected chi connectivity index (χ3v) is 3.52. The van der Waals surface area contributed by atoms with Crippen LogP contribution in [0.4, 0.5) is 5.13 Å². The van der Waals surface area contributed by atoms with Crippen LogP contribution < -0.4 is 10.1 Å². The highest BCUT2D eigenvalue weighted by Crippen LogP contribution is 2.23. The standard InChI is InChI=1S/C11H8BrClN2O2S/c12-9-5-14-11(18-9)15-10(16)6-17-8-3-1-2-7(13)4-8/h1-5H,6H2,(H,14,15,16). The van der Waals surface area contributed by atoms with Crippen LogP contribution in [-0.4, -0.2) is 17.5 Å². The Hall–Kier alpha value is -1.11. The van der Waals surface area contributed by atoms with Crippen LogP contribution in [-0.2, 0) is 4.79 Å². The normalized spacial score (nSPS) is 10.1. The van der Waals surface area contributed by atoms with Gasteiger partial charge in [-0.15, -0.1) is 0 Å². The summed E-state index contributed by atoms with van der Waals surface area (Å²) >= 11 is 10.4. The summed E-state index contributed by atoms with van der Waals surface area (Å²) in [5.41, 5.74) is 0. The van der Waals surface area contributed by atoms with Crippen molar-refractivity contribution in [3.8, 4) is 5.75 Å². The SMILES string of the molecule is O=C(COc1cccc(Cl)c1)Nc1ncc(Br)s1. The van der Waals surface area contributed by atoms with Crippen molar-refractivity contribution in [2.24, 2.45) is 0 Å². The number of aromatic nitrogens is 1. The van der Waals surface area contributed by atoms with Gasteiger partial charge < -0.3 is 4.74 Å². The van der Waals surface area contributed by atoms with Crippen molar-refractivity contribution in [2.75, 3.05) is 11.9 Å². The van der Waals surface area contributed by atoms with Gasteiger partial charge in [0.1, 0.15) is 5.75 Å². The number of ether oxygens (including phenoxy) is 1. The maximum absolute atomic E-state index is 11.6. The van der Waals surface area contributed by atoms with Crippen molar-refractivity contribution in [1.82, 2.24) is 4.98 Å².